The highest BCUT2D eigenvalue weighted by Gasteiger charge is 2.24. The van der Waals surface area contributed by atoms with Crippen molar-refractivity contribution in [3.63, 3.8) is 0 Å². The Morgan fingerprint density at radius 1 is 0.828 bits per heavy atom. The molecule has 2 aliphatic rings. The molecule has 2 nitrogen and oxygen atoms in total. The summed E-state index contributed by atoms with van der Waals surface area (Å²) in [7, 11) is 0. The highest BCUT2D eigenvalue weighted by Crippen LogP contribution is 2.38. The Balaban J connectivity index is 1.26. The minimum atomic E-state index is -0.830. The van der Waals surface area contributed by atoms with Gasteiger partial charge in [-0.15, -0.1) is 0 Å². The van der Waals surface area contributed by atoms with Gasteiger partial charge in [0.1, 0.15) is 5.82 Å². The van der Waals surface area contributed by atoms with Gasteiger partial charge in [0.25, 0.3) is 0 Å². The number of carbonyl (C=O) groups is 1. The molecule has 2 fully saturated rings. The number of aryl methyl sites for hydroxylation is 1. The van der Waals surface area contributed by atoms with E-state index < -0.39 is 5.97 Å². The zero-order chi connectivity index (χ0) is 20.5. The van der Waals surface area contributed by atoms with Crippen molar-refractivity contribution in [2.75, 3.05) is 0 Å². The van der Waals surface area contributed by atoms with Gasteiger partial charge in [0.05, 0.1) is 0 Å². The smallest absolute Gasteiger partial charge is 0.327 e. The largest absolute Gasteiger partial charge is 0.478 e. The predicted octanol–water partition coefficient (Wildman–Crippen LogP) is 7.18. The van der Waals surface area contributed by atoms with Crippen LogP contribution < -0.4 is 0 Å². The SMILES string of the molecule is O=C(O)C=CCC1CCC(CCC2CCC(CCc3ccc(F)cc3)CC2)CC1. The van der Waals surface area contributed by atoms with Gasteiger partial charge >= 0.3 is 5.97 Å². The molecule has 2 aliphatic carbocycles. The first-order chi connectivity index (χ1) is 14.1. The first-order valence-electron chi connectivity index (χ1n) is 11.7. The van der Waals surface area contributed by atoms with Gasteiger partial charge in [-0.2, -0.15) is 0 Å². The molecule has 0 aromatic heterocycles. The number of carboxylic acids is 1. The van der Waals surface area contributed by atoms with Crippen LogP contribution in [0.5, 0.6) is 0 Å². The van der Waals surface area contributed by atoms with Crippen LogP contribution in [0.25, 0.3) is 0 Å². The molecule has 29 heavy (non-hydrogen) atoms. The second kappa shape index (κ2) is 11.5. The minimum Gasteiger partial charge on any atom is -0.478 e. The molecule has 0 saturated heterocycles. The predicted molar refractivity (Wildman–Crippen MR) is 116 cm³/mol. The van der Waals surface area contributed by atoms with Crippen molar-refractivity contribution in [2.24, 2.45) is 23.7 Å². The molecule has 0 atom stereocenters. The van der Waals surface area contributed by atoms with Crippen LogP contribution in [0, 0.1) is 29.5 Å². The number of halogens is 1. The first kappa shape index (κ1) is 22.1. The Hall–Kier alpha value is -1.64. The summed E-state index contributed by atoms with van der Waals surface area (Å²) in [6.45, 7) is 0. The number of rotatable bonds is 9. The zero-order valence-electron chi connectivity index (χ0n) is 17.7. The summed E-state index contributed by atoms with van der Waals surface area (Å²) in [6, 6.07) is 7.01. The summed E-state index contributed by atoms with van der Waals surface area (Å²) in [5.41, 5.74) is 1.27. The van der Waals surface area contributed by atoms with E-state index >= 15 is 0 Å². The molecule has 0 bridgehead atoms. The first-order valence-corrected chi connectivity index (χ1v) is 11.7. The normalized spacial score (nSPS) is 27.9. The van der Waals surface area contributed by atoms with E-state index in [4.69, 9.17) is 5.11 Å². The second-order valence-corrected chi connectivity index (χ2v) is 9.49. The fraction of sp³-hybridized carbons (Fsp3) is 0.654. The highest BCUT2D eigenvalue weighted by molar-refractivity contribution is 5.79. The molecule has 0 unspecified atom stereocenters. The zero-order valence-corrected chi connectivity index (χ0v) is 17.7. The molecule has 3 heteroatoms. The lowest BCUT2D eigenvalue weighted by Crippen LogP contribution is -2.18. The van der Waals surface area contributed by atoms with Gasteiger partial charge in [-0.25, -0.2) is 9.18 Å². The molecule has 1 aromatic rings. The third kappa shape index (κ3) is 7.95. The maximum Gasteiger partial charge on any atom is 0.327 e. The number of benzene rings is 1. The average Bonchev–Trinajstić information content (AvgIpc) is 2.73. The standard InChI is InChI=1S/C26H37FO2/c27-25-18-16-24(17-19-25)15-14-23-12-10-22(11-13-23)9-8-21-6-4-20(5-7-21)2-1-3-26(28)29/h1,3,16-23H,2,4-15H2,(H,28,29). The Bertz CT molecular complexity index is 635. The Kier molecular flexibility index (Phi) is 8.76. The van der Waals surface area contributed by atoms with Gasteiger partial charge in [0, 0.05) is 6.08 Å². The molecule has 3 rings (SSSR count). The maximum absolute atomic E-state index is 13.0. The van der Waals surface area contributed by atoms with Gasteiger partial charge in [-0.3, -0.25) is 0 Å². The lowest BCUT2D eigenvalue weighted by Gasteiger charge is -2.32. The van der Waals surface area contributed by atoms with E-state index in [1.807, 2.05) is 18.2 Å². The molecule has 0 aliphatic heterocycles. The van der Waals surface area contributed by atoms with Crippen molar-refractivity contribution in [3.05, 3.63) is 47.8 Å². The summed E-state index contributed by atoms with van der Waals surface area (Å²) >= 11 is 0. The summed E-state index contributed by atoms with van der Waals surface area (Å²) in [6.07, 6.45) is 19.9. The maximum atomic E-state index is 13.0. The van der Waals surface area contributed by atoms with Crippen LogP contribution in [-0.2, 0) is 11.2 Å². The third-order valence-corrected chi connectivity index (χ3v) is 7.40. The average molecular weight is 401 g/mol. The van der Waals surface area contributed by atoms with Crippen LogP contribution in [0.4, 0.5) is 4.39 Å². The van der Waals surface area contributed by atoms with E-state index in [2.05, 4.69) is 0 Å². The molecule has 2 saturated carbocycles. The summed E-state index contributed by atoms with van der Waals surface area (Å²) in [4.78, 5) is 10.6. The third-order valence-electron chi connectivity index (χ3n) is 7.40. The molecule has 1 N–H and O–H groups in total. The summed E-state index contributed by atoms with van der Waals surface area (Å²) in [5, 5.41) is 8.69. The van der Waals surface area contributed by atoms with Crippen molar-refractivity contribution < 1.29 is 14.3 Å². The van der Waals surface area contributed by atoms with Gasteiger partial charge < -0.3 is 5.11 Å². The van der Waals surface area contributed by atoms with E-state index in [-0.39, 0.29) is 5.82 Å². The van der Waals surface area contributed by atoms with Gasteiger partial charge in [0.15, 0.2) is 0 Å². The van der Waals surface area contributed by atoms with Crippen molar-refractivity contribution in [1.82, 2.24) is 0 Å². The van der Waals surface area contributed by atoms with Crippen molar-refractivity contribution in [3.8, 4) is 0 Å². The van der Waals surface area contributed by atoms with Crippen molar-refractivity contribution >= 4 is 5.97 Å². The van der Waals surface area contributed by atoms with Crippen LogP contribution in [0.1, 0.15) is 82.6 Å². The van der Waals surface area contributed by atoms with Gasteiger partial charge in [0.2, 0.25) is 0 Å². The molecule has 0 radical (unpaired) electrons. The fourth-order valence-electron chi connectivity index (χ4n) is 5.42. The summed E-state index contributed by atoms with van der Waals surface area (Å²) < 4.78 is 13.0. The van der Waals surface area contributed by atoms with Gasteiger partial charge in [-0.05, 0) is 73.5 Å². The quantitative estimate of drug-likeness (QED) is 0.446. The van der Waals surface area contributed by atoms with Crippen LogP contribution in [0.15, 0.2) is 36.4 Å². The molecule has 0 spiro atoms. The van der Waals surface area contributed by atoms with Crippen LogP contribution >= 0.6 is 0 Å². The van der Waals surface area contributed by atoms with E-state index in [1.165, 1.54) is 82.3 Å². The lowest BCUT2D eigenvalue weighted by atomic mass is 9.74. The number of allylic oxidation sites excluding steroid dienone is 1. The molecule has 0 heterocycles. The molecule has 0 amide bonds. The molecular formula is C26H37FO2. The van der Waals surface area contributed by atoms with E-state index in [0.29, 0.717) is 5.92 Å². The number of hydrogen-bond acceptors (Lipinski definition) is 1. The Labute approximate surface area is 175 Å². The topological polar surface area (TPSA) is 37.3 Å². The van der Waals surface area contributed by atoms with Crippen LogP contribution in [0.2, 0.25) is 0 Å². The monoisotopic (exact) mass is 400 g/mol. The summed E-state index contributed by atoms with van der Waals surface area (Å²) in [5.74, 6) is 2.39. The van der Waals surface area contributed by atoms with E-state index in [9.17, 15) is 9.18 Å². The highest BCUT2D eigenvalue weighted by atomic mass is 19.1. The number of aliphatic carboxylic acids is 1. The number of hydrogen-bond donors (Lipinski definition) is 1. The van der Waals surface area contributed by atoms with Crippen molar-refractivity contribution in [2.45, 2.75) is 83.5 Å². The van der Waals surface area contributed by atoms with Crippen LogP contribution in [-0.4, -0.2) is 11.1 Å². The van der Waals surface area contributed by atoms with E-state index in [1.54, 1.807) is 12.1 Å². The minimum absolute atomic E-state index is 0.141. The Morgan fingerprint density at radius 2 is 1.31 bits per heavy atom. The lowest BCUT2D eigenvalue weighted by molar-refractivity contribution is -0.131. The fourth-order valence-corrected chi connectivity index (χ4v) is 5.42. The van der Waals surface area contributed by atoms with Crippen LogP contribution in [0.3, 0.4) is 0 Å². The second-order valence-electron chi connectivity index (χ2n) is 9.49. The molecule has 1 aromatic carbocycles. The number of carboxylic acid groups (broad SMARTS) is 1. The molecular weight excluding hydrogens is 363 g/mol. The molecule has 160 valence electrons. The van der Waals surface area contributed by atoms with Crippen molar-refractivity contribution in [1.29, 1.82) is 0 Å². The van der Waals surface area contributed by atoms with E-state index in [0.717, 1.165) is 30.6 Å². The van der Waals surface area contributed by atoms with Gasteiger partial charge in [-0.1, -0.05) is 69.6 Å². The Morgan fingerprint density at radius 3 is 1.83 bits per heavy atom.